The Bertz CT molecular complexity index is 565. The van der Waals surface area contributed by atoms with Gasteiger partial charge in [0.05, 0.1) is 11.6 Å². The van der Waals surface area contributed by atoms with Crippen molar-refractivity contribution in [2.75, 3.05) is 0 Å². The van der Waals surface area contributed by atoms with E-state index in [0.717, 1.165) is 27.8 Å². The Morgan fingerprint density at radius 3 is 2.56 bits per heavy atom. The minimum Gasteiger partial charge on any atom is -0.264 e. The zero-order valence-electron chi connectivity index (χ0n) is 9.36. The van der Waals surface area contributed by atoms with Gasteiger partial charge >= 0.3 is 0 Å². The van der Waals surface area contributed by atoms with Gasteiger partial charge in [0.1, 0.15) is 0 Å². The minimum absolute atomic E-state index is 0.721. The van der Waals surface area contributed by atoms with E-state index in [1.165, 1.54) is 0 Å². The van der Waals surface area contributed by atoms with Crippen LogP contribution >= 0.6 is 0 Å². The van der Waals surface area contributed by atoms with Crippen molar-refractivity contribution in [3.8, 4) is 17.2 Å². The molecule has 0 unspecified atom stereocenters. The summed E-state index contributed by atoms with van der Waals surface area (Å²) < 4.78 is 0. The Morgan fingerprint density at radius 1 is 1.06 bits per heavy atom. The van der Waals surface area contributed by atoms with Gasteiger partial charge in [0.15, 0.2) is 0 Å². The lowest BCUT2D eigenvalue weighted by Gasteiger charge is -2.04. The molecule has 0 fully saturated rings. The summed E-state index contributed by atoms with van der Waals surface area (Å²) in [5, 5.41) is 8.98. The molecule has 1 aromatic heterocycles. The molecule has 1 heterocycles. The predicted octanol–water partition coefficient (Wildman–Crippen LogP) is 3.24. The van der Waals surface area contributed by atoms with Crippen LogP contribution in [0.3, 0.4) is 0 Å². The second-order valence-corrected chi connectivity index (χ2v) is 3.89. The summed E-state index contributed by atoms with van der Waals surface area (Å²) >= 11 is 0. The highest BCUT2D eigenvalue weighted by Gasteiger charge is 2.02. The van der Waals surface area contributed by atoms with Crippen molar-refractivity contribution in [2.24, 2.45) is 0 Å². The van der Waals surface area contributed by atoms with Crippen LogP contribution in [0, 0.1) is 25.2 Å². The van der Waals surface area contributed by atoms with E-state index in [2.05, 4.69) is 17.1 Å². The first-order valence-electron chi connectivity index (χ1n) is 5.13. The first kappa shape index (κ1) is 10.4. The molecule has 78 valence electrons. The Morgan fingerprint density at radius 2 is 1.88 bits per heavy atom. The molecule has 1 aromatic carbocycles. The molecule has 16 heavy (non-hydrogen) atoms. The average Bonchev–Trinajstić information content (AvgIpc) is 2.29. The van der Waals surface area contributed by atoms with E-state index >= 15 is 0 Å². The number of rotatable bonds is 1. The van der Waals surface area contributed by atoms with Crippen LogP contribution in [-0.2, 0) is 0 Å². The molecule has 2 heteroatoms. The molecule has 2 rings (SSSR count). The number of benzene rings is 1. The monoisotopic (exact) mass is 208 g/mol. The smallest absolute Gasteiger partial charge is 0.0994 e. The van der Waals surface area contributed by atoms with E-state index in [1.54, 1.807) is 0 Å². The molecule has 0 amide bonds. The molecule has 0 aliphatic rings. The van der Waals surface area contributed by atoms with E-state index < -0.39 is 0 Å². The average molecular weight is 208 g/mol. The Hall–Kier alpha value is -2.14. The number of pyridine rings is 1. The Kier molecular flexibility index (Phi) is 2.70. The topological polar surface area (TPSA) is 36.7 Å². The van der Waals surface area contributed by atoms with E-state index in [-0.39, 0.29) is 0 Å². The van der Waals surface area contributed by atoms with Crippen LogP contribution in [0.4, 0.5) is 0 Å². The van der Waals surface area contributed by atoms with Gasteiger partial charge < -0.3 is 0 Å². The van der Waals surface area contributed by atoms with Crippen LogP contribution in [-0.4, -0.2) is 4.98 Å². The lowest BCUT2D eigenvalue weighted by Crippen LogP contribution is -1.86. The summed E-state index contributed by atoms with van der Waals surface area (Å²) in [6.07, 6.45) is 3.64. The second kappa shape index (κ2) is 4.16. The van der Waals surface area contributed by atoms with Gasteiger partial charge in [-0.15, -0.1) is 0 Å². The lowest BCUT2D eigenvalue weighted by molar-refractivity contribution is 1.27. The number of nitriles is 1. The maximum atomic E-state index is 8.98. The molecule has 0 bridgehead atoms. The predicted molar refractivity (Wildman–Crippen MR) is 63.9 cm³/mol. The molecule has 0 spiro atoms. The fraction of sp³-hybridized carbons (Fsp3) is 0.143. The van der Waals surface area contributed by atoms with Gasteiger partial charge in [0.2, 0.25) is 0 Å². The quantitative estimate of drug-likeness (QED) is 0.721. The number of aryl methyl sites for hydroxylation is 2. The van der Waals surface area contributed by atoms with Crippen molar-refractivity contribution in [2.45, 2.75) is 13.8 Å². The highest BCUT2D eigenvalue weighted by Crippen LogP contribution is 2.21. The molecule has 0 radical (unpaired) electrons. The standard InChI is InChI=1S/C14H12N2/c1-10-5-14(9-16-8-10)12-4-3-11(2)13(6-12)7-15/h3-6,8-9H,1-2H3. The maximum Gasteiger partial charge on any atom is 0.0994 e. The molecular weight excluding hydrogens is 196 g/mol. The van der Waals surface area contributed by atoms with Crippen LogP contribution in [0.1, 0.15) is 16.7 Å². The fourth-order valence-electron chi connectivity index (χ4n) is 1.63. The number of hydrogen-bond donors (Lipinski definition) is 0. The molecule has 0 aliphatic heterocycles. The van der Waals surface area contributed by atoms with Gasteiger partial charge in [-0.2, -0.15) is 5.26 Å². The summed E-state index contributed by atoms with van der Waals surface area (Å²) in [6, 6.07) is 10.2. The summed E-state index contributed by atoms with van der Waals surface area (Å²) in [6.45, 7) is 3.95. The van der Waals surface area contributed by atoms with Crippen molar-refractivity contribution in [1.82, 2.24) is 4.98 Å². The van der Waals surface area contributed by atoms with Gasteiger partial charge in [-0.1, -0.05) is 12.1 Å². The van der Waals surface area contributed by atoms with Gasteiger partial charge in [0, 0.05) is 18.0 Å². The second-order valence-electron chi connectivity index (χ2n) is 3.89. The maximum absolute atomic E-state index is 8.98. The summed E-state index contributed by atoms with van der Waals surface area (Å²) in [5.41, 5.74) is 4.94. The Labute approximate surface area is 95.2 Å². The highest BCUT2D eigenvalue weighted by molar-refractivity contribution is 5.65. The van der Waals surface area contributed by atoms with Crippen molar-refractivity contribution in [3.63, 3.8) is 0 Å². The number of nitrogens with zero attached hydrogens (tertiary/aromatic N) is 2. The highest BCUT2D eigenvalue weighted by atomic mass is 14.6. The normalized spacial score (nSPS) is 9.81. The van der Waals surface area contributed by atoms with Crippen LogP contribution in [0.25, 0.3) is 11.1 Å². The fourth-order valence-corrected chi connectivity index (χ4v) is 1.63. The summed E-state index contributed by atoms with van der Waals surface area (Å²) in [4.78, 5) is 4.16. The number of hydrogen-bond acceptors (Lipinski definition) is 2. The lowest BCUT2D eigenvalue weighted by atomic mass is 10.0. The third kappa shape index (κ3) is 1.94. The Balaban J connectivity index is 2.54. The van der Waals surface area contributed by atoms with Crippen molar-refractivity contribution in [3.05, 3.63) is 53.3 Å². The van der Waals surface area contributed by atoms with Crippen LogP contribution in [0.2, 0.25) is 0 Å². The van der Waals surface area contributed by atoms with Crippen LogP contribution in [0.15, 0.2) is 36.7 Å². The molecule has 0 saturated heterocycles. The SMILES string of the molecule is Cc1cncc(-c2ccc(C)c(C#N)c2)c1. The molecule has 0 aliphatic carbocycles. The first-order chi connectivity index (χ1) is 7.70. The van der Waals surface area contributed by atoms with Gasteiger partial charge in [0.25, 0.3) is 0 Å². The van der Waals surface area contributed by atoms with E-state index in [9.17, 15) is 0 Å². The van der Waals surface area contributed by atoms with Crippen LogP contribution in [0.5, 0.6) is 0 Å². The molecule has 0 N–H and O–H groups in total. The van der Waals surface area contributed by atoms with Crippen molar-refractivity contribution in [1.29, 1.82) is 5.26 Å². The third-order valence-corrected chi connectivity index (χ3v) is 2.57. The van der Waals surface area contributed by atoms with Gasteiger partial charge in [-0.3, -0.25) is 4.98 Å². The van der Waals surface area contributed by atoms with E-state index in [1.807, 2.05) is 44.4 Å². The zero-order valence-corrected chi connectivity index (χ0v) is 9.36. The largest absolute Gasteiger partial charge is 0.264 e. The van der Waals surface area contributed by atoms with Crippen molar-refractivity contribution < 1.29 is 0 Å². The summed E-state index contributed by atoms with van der Waals surface area (Å²) in [7, 11) is 0. The molecular formula is C14H12N2. The van der Waals surface area contributed by atoms with Crippen LogP contribution < -0.4 is 0 Å². The summed E-state index contributed by atoms with van der Waals surface area (Å²) in [5.74, 6) is 0. The molecule has 0 atom stereocenters. The first-order valence-corrected chi connectivity index (χ1v) is 5.13. The zero-order chi connectivity index (χ0) is 11.5. The third-order valence-electron chi connectivity index (χ3n) is 2.57. The van der Waals surface area contributed by atoms with E-state index in [4.69, 9.17) is 5.26 Å². The van der Waals surface area contributed by atoms with Gasteiger partial charge in [-0.25, -0.2) is 0 Å². The minimum atomic E-state index is 0.721. The van der Waals surface area contributed by atoms with Crippen molar-refractivity contribution >= 4 is 0 Å². The van der Waals surface area contributed by atoms with Gasteiger partial charge in [-0.05, 0) is 42.7 Å². The number of aromatic nitrogens is 1. The van der Waals surface area contributed by atoms with E-state index in [0.29, 0.717) is 0 Å². The molecule has 2 aromatic rings. The molecule has 0 saturated carbocycles. The molecule has 2 nitrogen and oxygen atoms in total.